The molecule has 3 rings (SSSR count). The summed E-state index contributed by atoms with van der Waals surface area (Å²) in [4.78, 5) is 13.5. The van der Waals surface area contributed by atoms with Crippen molar-refractivity contribution < 1.29 is 4.74 Å². The summed E-state index contributed by atoms with van der Waals surface area (Å²) in [5, 5.41) is 3.50. The molecule has 1 N–H and O–H groups in total. The van der Waals surface area contributed by atoms with Crippen molar-refractivity contribution in [1.82, 2.24) is 15.2 Å². The molecule has 1 aliphatic rings. The van der Waals surface area contributed by atoms with E-state index in [9.17, 15) is 0 Å². The maximum atomic E-state index is 5.29. The first-order valence-electron chi connectivity index (χ1n) is 8.99. The van der Waals surface area contributed by atoms with Crippen molar-refractivity contribution in [2.24, 2.45) is 4.99 Å². The number of piperazine rings is 1. The fourth-order valence-electron chi connectivity index (χ4n) is 3.22. The van der Waals surface area contributed by atoms with Gasteiger partial charge in [-0.1, -0.05) is 30.3 Å². The van der Waals surface area contributed by atoms with E-state index in [0.29, 0.717) is 6.61 Å². The Morgan fingerprint density at radius 2 is 1.78 bits per heavy atom. The second-order valence-corrected chi connectivity index (χ2v) is 6.26. The van der Waals surface area contributed by atoms with Gasteiger partial charge in [0.15, 0.2) is 5.96 Å². The Bertz CT molecular complexity index is 717. The number of aliphatic imine (C=N–C) groups is 1. The van der Waals surface area contributed by atoms with E-state index in [0.717, 1.165) is 44.5 Å². The lowest BCUT2D eigenvalue weighted by Gasteiger charge is -2.37. The maximum Gasteiger partial charge on any atom is 0.194 e. The van der Waals surface area contributed by atoms with E-state index in [-0.39, 0.29) is 24.0 Å². The molecule has 0 saturated carbocycles. The van der Waals surface area contributed by atoms with Crippen LogP contribution in [0.3, 0.4) is 0 Å². The maximum absolute atomic E-state index is 5.29. The molecule has 1 aliphatic heterocycles. The molecular weight excluding hydrogens is 453 g/mol. The van der Waals surface area contributed by atoms with Gasteiger partial charge in [0.05, 0.1) is 6.61 Å². The highest BCUT2D eigenvalue weighted by molar-refractivity contribution is 14.0. The second-order valence-electron chi connectivity index (χ2n) is 6.26. The lowest BCUT2D eigenvalue weighted by atomic mass is 10.1. The van der Waals surface area contributed by atoms with E-state index in [4.69, 9.17) is 4.74 Å². The normalized spacial score (nSPS) is 14.7. The first kappa shape index (κ1) is 21.4. The van der Waals surface area contributed by atoms with E-state index in [2.05, 4.69) is 49.4 Å². The Morgan fingerprint density at radius 3 is 2.41 bits per heavy atom. The first-order valence-corrected chi connectivity index (χ1v) is 8.99. The van der Waals surface area contributed by atoms with E-state index in [1.54, 1.807) is 7.11 Å². The highest BCUT2D eigenvalue weighted by Crippen LogP contribution is 2.13. The average Bonchev–Trinajstić information content (AvgIpc) is 2.71. The third-order valence-electron chi connectivity index (χ3n) is 4.62. The summed E-state index contributed by atoms with van der Waals surface area (Å²) >= 11 is 0. The largest absolute Gasteiger partial charge is 0.380 e. The number of nitrogens with one attached hydrogen (secondary N) is 1. The average molecular weight is 481 g/mol. The van der Waals surface area contributed by atoms with Crippen LogP contribution in [-0.4, -0.2) is 56.2 Å². The van der Waals surface area contributed by atoms with Gasteiger partial charge < -0.3 is 19.9 Å². The van der Waals surface area contributed by atoms with Gasteiger partial charge in [-0.2, -0.15) is 0 Å². The van der Waals surface area contributed by atoms with Gasteiger partial charge >= 0.3 is 0 Å². The van der Waals surface area contributed by atoms with Gasteiger partial charge in [-0.05, 0) is 23.3 Å². The Kier molecular flexibility index (Phi) is 8.80. The van der Waals surface area contributed by atoms with Crippen LogP contribution in [0.4, 0.5) is 5.82 Å². The summed E-state index contributed by atoms with van der Waals surface area (Å²) in [6, 6.07) is 14.4. The van der Waals surface area contributed by atoms with Crippen LogP contribution in [0.1, 0.15) is 11.1 Å². The molecule has 1 saturated heterocycles. The number of halogens is 1. The highest BCUT2D eigenvalue weighted by Gasteiger charge is 2.20. The van der Waals surface area contributed by atoms with Crippen LogP contribution in [0.5, 0.6) is 0 Å². The molecule has 0 unspecified atom stereocenters. The molecule has 1 aromatic heterocycles. The van der Waals surface area contributed by atoms with Gasteiger partial charge in [0.2, 0.25) is 0 Å². The number of hydrogen-bond donors (Lipinski definition) is 1. The number of benzene rings is 1. The number of guanidine groups is 1. The lowest BCUT2D eigenvalue weighted by molar-refractivity contribution is 0.184. The highest BCUT2D eigenvalue weighted by atomic mass is 127. The number of methoxy groups -OCH3 is 1. The predicted molar refractivity (Wildman–Crippen MR) is 121 cm³/mol. The van der Waals surface area contributed by atoms with Crippen molar-refractivity contribution in [3.8, 4) is 0 Å². The number of hydrogen-bond acceptors (Lipinski definition) is 4. The molecular formula is C20H28IN5O. The van der Waals surface area contributed by atoms with Gasteiger partial charge in [-0.15, -0.1) is 24.0 Å². The second kappa shape index (κ2) is 11.1. The zero-order valence-electron chi connectivity index (χ0n) is 16.0. The van der Waals surface area contributed by atoms with Crippen molar-refractivity contribution in [3.05, 3.63) is 59.8 Å². The molecule has 0 bridgehead atoms. The van der Waals surface area contributed by atoms with Crippen LogP contribution in [0.15, 0.2) is 53.7 Å². The Morgan fingerprint density at radius 1 is 1.07 bits per heavy atom. The molecule has 0 spiro atoms. The van der Waals surface area contributed by atoms with Gasteiger partial charge in [-0.25, -0.2) is 4.98 Å². The van der Waals surface area contributed by atoms with Crippen LogP contribution in [0.2, 0.25) is 0 Å². The Balaban J connectivity index is 0.00000261. The van der Waals surface area contributed by atoms with Crippen molar-refractivity contribution in [3.63, 3.8) is 0 Å². The Hall–Kier alpha value is -1.87. The van der Waals surface area contributed by atoms with E-state index >= 15 is 0 Å². The van der Waals surface area contributed by atoms with E-state index < -0.39 is 0 Å². The van der Waals surface area contributed by atoms with Crippen molar-refractivity contribution >= 4 is 35.8 Å². The summed E-state index contributed by atoms with van der Waals surface area (Å²) in [6.45, 7) is 5.10. The van der Waals surface area contributed by atoms with Crippen LogP contribution in [-0.2, 0) is 17.9 Å². The monoisotopic (exact) mass is 481 g/mol. The minimum atomic E-state index is 0. The number of anilines is 1. The van der Waals surface area contributed by atoms with Crippen molar-refractivity contribution in [2.75, 3.05) is 45.2 Å². The number of rotatable bonds is 5. The number of aromatic nitrogens is 1. The molecule has 7 heteroatoms. The summed E-state index contributed by atoms with van der Waals surface area (Å²) in [5.41, 5.74) is 2.44. The number of nitrogens with zero attached hydrogens (tertiary/aromatic N) is 4. The zero-order valence-corrected chi connectivity index (χ0v) is 18.3. The molecule has 2 heterocycles. The van der Waals surface area contributed by atoms with Gasteiger partial charge in [0, 0.05) is 53.1 Å². The zero-order chi connectivity index (χ0) is 18.2. The van der Waals surface area contributed by atoms with Crippen molar-refractivity contribution in [2.45, 2.75) is 13.2 Å². The molecule has 0 aliphatic carbocycles. The molecule has 27 heavy (non-hydrogen) atoms. The molecule has 1 fully saturated rings. The quantitative estimate of drug-likeness (QED) is 0.405. The summed E-state index contributed by atoms with van der Waals surface area (Å²) in [7, 11) is 3.57. The molecule has 146 valence electrons. The van der Waals surface area contributed by atoms with Crippen LogP contribution in [0, 0.1) is 0 Å². The van der Waals surface area contributed by atoms with Crippen LogP contribution < -0.4 is 10.2 Å². The molecule has 0 radical (unpaired) electrons. The molecule has 2 aromatic rings. The van der Waals surface area contributed by atoms with Gasteiger partial charge in [-0.3, -0.25) is 4.99 Å². The topological polar surface area (TPSA) is 53.0 Å². The first-order chi connectivity index (χ1) is 12.8. The Labute approximate surface area is 178 Å². The third-order valence-corrected chi connectivity index (χ3v) is 4.62. The fourth-order valence-corrected chi connectivity index (χ4v) is 3.22. The van der Waals surface area contributed by atoms with Crippen LogP contribution >= 0.6 is 24.0 Å². The fraction of sp³-hybridized carbons (Fsp3) is 0.400. The summed E-state index contributed by atoms with van der Waals surface area (Å²) in [5.74, 6) is 1.99. The summed E-state index contributed by atoms with van der Waals surface area (Å²) in [6.07, 6.45) is 1.85. The minimum absolute atomic E-state index is 0. The van der Waals surface area contributed by atoms with Gasteiger partial charge in [0.25, 0.3) is 0 Å². The van der Waals surface area contributed by atoms with Crippen LogP contribution in [0.25, 0.3) is 0 Å². The molecule has 0 amide bonds. The number of ether oxygens (including phenoxy) is 1. The summed E-state index contributed by atoms with van der Waals surface area (Å²) < 4.78 is 5.29. The number of pyridine rings is 1. The smallest absolute Gasteiger partial charge is 0.194 e. The SMILES string of the molecule is CN=C(NCc1ccccc1COC)N1CCN(c2ccccn2)CC1.I. The lowest BCUT2D eigenvalue weighted by Crippen LogP contribution is -2.52. The molecule has 0 atom stereocenters. The predicted octanol–water partition coefficient (Wildman–Crippen LogP) is 2.74. The van der Waals surface area contributed by atoms with Gasteiger partial charge in [0.1, 0.15) is 5.82 Å². The molecule has 6 nitrogen and oxygen atoms in total. The van der Waals surface area contributed by atoms with Crippen molar-refractivity contribution in [1.29, 1.82) is 0 Å². The standard InChI is InChI=1S/C20H27N5O.HI/c1-21-20(23-15-17-7-3-4-8-18(17)16-26-2)25-13-11-24(12-14-25)19-9-5-6-10-22-19;/h3-10H,11-16H2,1-2H3,(H,21,23);1H. The third kappa shape index (κ3) is 5.80. The molecule has 1 aromatic carbocycles. The van der Waals surface area contributed by atoms with E-state index in [1.807, 2.05) is 31.4 Å². The van der Waals surface area contributed by atoms with E-state index in [1.165, 1.54) is 11.1 Å². The minimum Gasteiger partial charge on any atom is -0.380 e.